The van der Waals surface area contributed by atoms with Crippen molar-refractivity contribution in [3.05, 3.63) is 0 Å². The van der Waals surface area contributed by atoms with Gasteiger partial charge in [0.1, 0.15) is 0 Å². The first-order valence-electron chi connectivity index (χ1n) is 7.13. The van der Waals surface area contributed by atoms with Gasteiger partial charge in [-0.15, -0.1) is 0 Å². The second-order valence-electron chi connectivity index (χ2n) is 6.24. The Balaban J connectivity index is 2.33. The van der Waals surface area contributed by atoms with Crippen LogP contribution in [0.4, 0.5) is 0 Å². The first kappa shape index (κ1) is 16.0. The van der Waals surface area contributed by atoms with Gasteiger partial charge in [0.05, 0.1) is 6.04 Å². The van der Waals surface area contributed by atoms with Gasteiger partial charge in [0, 0.05) is 19.0 Å². The highest BCUT2D eigenvalue weighted by atomic mass is 16.2. The Hall–Kier alpha value is -1.10. The lowest BCUT2D eigenvalue weighted by Crippen LogP contribution is -2.55. The highest BCUT2D eigenvalue weighted by Crippen LogP contribution is 2.29. The van der Waals surface area contributed by atoms with Crippen LogP contribution in [0.3, 0.4) is 0 Å². The molecule has 2 amide bonds. The Labute approximate surface area is 115 Å². The van der Waals surface area contributed by atoms with Gasteiger partial charge in [-0.3, -0.25) is 9.59 Å². The summed E-state index contributed by atoms with van der Waals surface area (Å²) in [5, 5.41) is 8.92. The van der Waals surface area contributed by atoms with Crippen LogP contribution in [0, 0.1) is 5.41 Å². The summed E-state index contributed by atoms with van der Waals surface area (Å²) in [5.41, 5.74) is -0.0253. The molecule has 1 rings (SSSR count). The summed E-state index contributed by atoms with van der Waals surface area (Å²) >= 11 is 0. The zero-order valence-corrected chi connectivity index (χ0v) is 12.5. The van der Waals surface area contributed by atoms with Gasteiger partial charge in [0.25, 0.3) is 0 Å². The molecule has 5 nitrogen and oxygen atoms in total. The van der Waals surface area contributed by atoms with Crippen molar-refractivity contribution in [2.45, 2.75) is 59.0 Å². The molecule has 1 saturated heterocycles. The van der Waals surface area contributed by atoms with Crippen molar-refractivity contribution in [1.29, 1.82) is 0 Å². The lowest BCUT2D eigenvalue weighted by atomic mass is 9.77. The molecule has 0 aromatic carbocycles. The van der Waals surface area contributed by atoms with E-state index < -0.39 is 0 Å². The lowest BCUT2D eigenvalue weighted by molar-refractivity contribution is -0.127. The maximum atomic E-state index is 12.1. The van der Waals surface area contributed by atoms with E-state index in [9.17, 15) is 9.59 Å². The van der Waals surface area contributed by atoms with E-state index in [1.54, 1.807) is 0 Å². The van der Waals surface area contributed by atoms with Gasteiger partial charge in [0.2, 0.25) is 11.8 Å². The van der Waals surface area contributed by atoms with Crippen molar-refractivity contribution in [1.82, 2.24) is 16.0 Å². The number of carbonyl (C=O) groups is 2. The number of carbonyl (C=O) groups excluding carboxylic acids is 2. The monoisotopic (exact) mass is 269 g/mol. The van der Waals surface area contributed by atoms with E-state index in [0.717, 1.165) is 19.4 Å². The molecule has 1 fully saturated rings. The zero-order chi connectivity index (χ0) is 14.5. The van der Waals surface area contributed by atoms with Crippen LogP contribution in [0.25, 0.3) is 0 Å². The van der Waals surface area contributed by atoms with Crippen LogP contribution < -0.4 is 16.0 Å². The fraction of sp³-hybridized carbons (Fsp3) is 0.857. The van der Waals surface area contributed by atoms with E-state index in [-0.39, 0.29) is 29.3 Å². The van der Waals surface area contributed by atoms with E-state index >= 15 is 0 Å². The van der Waals surface area contributed by atoms with E-state index in [1.165, 1.54) is 0 Å². The lowest BCUT2D eigenvalue weighted by Gasteiger charge is -2.38. The van der Waals surface area contributed by atoms with Crippen LogP contribution in [-0.2, 0) is 9.59 Å². The van der Waals surface area contributed by atoms with Gasteiger partial charge in [-0.25, -0.2) is 0 Å². The Morgan fingerprint density at radius 1 is 1.37 bits per heavy atom. The van der Waals surface area contributed by atoms with E-state index in [4.69, 9.17) is 0 Å². The minimum absolute atomic E-state index is 0.00190. The van der Waals surface area contributed by atoms with Gasteiger partial charge in [0.15, 0.2) is 0 Å². The second kappa shape index (κ2) is 6.89. The molecule has 110 valence electrons. The number of hydrogen-bond acceptors (Lipinski definition) is 3. The molecule has 1 unspecified atom stereocenters. The molecule has 0 bridgehead atoms. The smallest absolute Gasteiger partial charge is 0.237 e. The fourth-order valence-corrected chi connectivity index (χ4v) is 2.45. The molecule has 0 saturated carbocycles. The van der Waals surface area contributed by atoms with Crippen molar-refractivity contribution < 1.29 is 9.59 Å². The predicted octanol–water partition coefficient (Wildman–Crippen LogP) is 0.796. The van der Waals surface area contributed by atoms with Crippen molar-refractivity contribution in [2.75, 3.05) is 13.1 Å². The van der Waals surface area contributed by atoms with Crippen LogP contribution in [0.5, 0.6) is 0 Å². The van der Waals surface area contributed by atoms with Crippen molar-refractivity contribution in [3.8, 4) is 0 Å². The second-order valence-corrected chi connectivity index (χ2v) is 6.24. The Morgan fingerprint density at radius 2 is 2.05 bits per heavy atom. The van der Waals surface area contributed by atoms with Crippen molar-refractivity contribution in [2.24, 2.45) is 5.41 Å². The van der Waals surface area contributed by atoms with Gasteiger partial charge < -0.3 is 16.0 Å². The molecule has 0 spiro atoms. The molecule has 0 aliphatic carbocycles. The first-order chi connectivity index (χ1) is 8.83. The van der Waals surface area contributed by atoms with E-state index in [0.29, 0.717) is 13.0 Å². The molecule has 1 aliphatic rings. The molecule has 1 atom stereocenters. The van der Waals surface area contributed by atoms with E-state index in [2.05, 4.69) is 29.8 Å². The van der Waals surface area contributed by atoms with Gasteiger partial charge in [-0.1, -0.05) is 13.8 Å². The highest BCUT2D eigenvalue weighted by molar-refractivity contribution is 5.83. The summed E-state index contributed by atoms with van der Waals surface area (Å²) in [6, 6.07) is -0.0171. The third-order valence-electron chi connectivity index (χ3n) is 3.49. The summed E-state index contributed by atoms with van der Waals surface area (Å²) in [7, 11) is 0. The maximum absolute atomic E-state index is 12.1. The van der Waals surface area contributed by atoms with Crippen LogP contribution in [0.15, 0.2) is 0 Å². The van der Waals surface area contributed by atoms with E-state index in [1.807, 2.05) is 13.8 Å². The molecule has 0 radical (unpaired) electrons. The molecule has 1 heterocycles. The number of piperidine rings is 1. The predicted molar refractivity (Wildman–Crippen MR) is 75.7 cm³/mol. The summed E-state index contributed by atoms with van der Waals surface area (Å²) < 4.78 is 0. The number of rotatable bonds is 5. The molecule has 0 aromatic rings. The molecular formula is C14H27N3O2. The minimum atomic E-state index is -0.158. The average molecular weight is 269 g/mol. The third-order valence-corrected chi connectivity index (χ3v) is 3.49. The number of amides is 2. The van der Waals surface area contributed by atoms with Crippen molar-refractivity contribution >= 4 is 11.8 Å². The zero-order valence-electron chi connectivity index (χ0n) is 12.5. The molecule has 1 aliphatic heterocycles. The molecular weight excluding hydrogens is 242 g/mol. The Bertz CT molecular complexity index is 327. The summed E-state index contributed by atoms with van der Waals surface area (Å²) in [4.78, 5) is 23.6. The molecule has 19 heavy (non-hydrogen) atoms. The van der Waals surface area contributed by atoms with Crippen molar-refractivity contribution in [3.63, 3.8) is 0 Å². The number of hydrogen-bond donors (Lipinski definition) is 3. The normalized spacial score (nSPS) is 22.1. The van der Waals surface area contributed by atoms with Crippen LogP contribution in [-0.4, -0.2) is 37.0 Å². The van der Waals surface area contributed by atoms with Crippen LogP contribution in [0.2, 0.25) is 0 Å². The quantitative estimate of drug-likeness (QED) is 0.691. The topological polar surface area (TPSA) is 70.2 Å². The maximum Gasteiger partial charge on any atom is 0.237 e. The molecule has 0 aromatic heterocycles. The average Bonchev–Trinajstić information content (AvgIpc) is 2.26. The van der Waals surface area contributed by atoms with Gasteiger partial charge >= 0.3 is 0 Å². The summed E-state index contributed by atoms with van der Waals surface area (Å²) in [6.07, 6.45) is 2.48. The fourth-order valence-electron chi connectivity index (χ4n) is 2.45. The van der Waals surface area contributed by atoms with Crippen LogP contribution in [0.1, 0.15) is 47.0 Å². The summed E-state index contributed by atoms with van der Waals surface area (Å²) in [6.45, 7) is 9.33. The Morgan fingerprint density at radius 3 is 2.63 bits per heavy atom. The van der Waals surface area contributed by atoms with Gasteiger partial charge in [-0.2, -0.15) is 0 Å². The first-order valence-corrected chi connectivity index (χ1v) is 7.13. The van der Waals surface area contributed by atoms with Crippen LogP contribution >= 0.6 is 0 Å². The Kier molecular flexibility index (Phi) is 5.79. The largest absolute Gasteiger partial charge is 0.354 e. The molecule has 5 heteroatoms. The van der Waals surface area contributed by atoms with Gasteiger partial charge in [-0.05, 0) is 38.6 Å². The minimum Gasteiger partial charge on any atom is -0.354 e. The highest BCUT2D eigenvalue weighted by Gasteiger charge is 2.36. The summed E-state index contributed by atoms with van der Waals surface area (Å²) in [5.74, 6) is -0.0202. The number of nitrogens with one attached hydrogen (secondary N) is 3. The third kappa shape index (κ3) is 5.19. The SMILES string of the molecule is CC(C)NC(=O)CCNC(=O)C1NCCCC1(C)C. The standard InChI is InChI=1S/C14H27N3O2/c1-10(2)17-11(18)6-9-16-13(19)12-14(3,4)7-5-8-15-12/h10,12,15H,5-9H2,1-4H3,(H,16,19)(H,17,18). The molecule has 3 N–H and O–H groups in total.